The van der Waals surface area contributed by atoms with Crippen molar-refractivity contribution in [1.82, 2.24) is 20.4 Å². The lowest BCUT2D eigenvalue weighted by molar-refractivity contribution is -0.125. The van der Waals surface area contributed by atoms with Gasteiger partial charge in [-0.05, 0) is 32.2 Å². The number of rotatable bonds is 4. The lowest BCUT2D eigenvalue weighted by Gasteiger charge is -2.25. The second-order valence-electron chi connectivity index (χ2n) is 5.64. The summed E-state index contributed by atoms with van der Waals surface area (Å²) in [5.41, 5.74) is 2.30. The van der Waals surface area contributed by atoms with Gasteiger partial charge in [-0.1, -0.05) is 0 Å². The van der Waals surface area contributed by atoms with Crippen molar-refractivity contribution >= 4 is 5.91 Å². The number of aliphatic hydroxyl groups is 1. The third kappa shape index (κ3) is 2.58. The Morgan fingerprint density at radius 1 is 1.55 bits per heavy atom. The molecular weight excluding hydrogens is 256 g/mol. The van der Waals surface area contributed by atoms with Gasteiger partial charge in [-0.15, -0.1) is 0 Å². The highest BCUT2D eigenvalue weighted by Crippen LogP contribution is 2.30. The van der Waals surface area contributed by atoms with Crippen LogP contribution in [-0.2, 0) is 17.8 Å². The largest absolute Gasteiger partial charge is 0.394 e. The van der Waals surface area contributed by atoms with Gasteiger partial charge in [-0.2, -0.15) is 5.10 Å². The van der Waals surface area contributed by atoms with Crippen molar-refractivity contribution in [2.75, 3.05) is 19.7 Å². The molecule has 110 valence electrons. The molecule has 1 aromatic heterocycles. The molecule has 0 bridgehead atoms. The monoisotopic (exact) mass is 278 g/mol. The van der Waals surface area contributed by atoms with Gasteiger partial charge in [0.25, 0.3) is 0 Å². The number of nitrogens with one attached hydrogen (secondary N) is 2. The van der Waals surface area contributed by atoms with E-state index >= 15 is 0 Å². The molecule has 2 atom stereocenters. The normalized spacial score (nSPS) is 25.4. The van der Waals surface area contributed by atoms with Gasteiger partial charge in [-0.3, -0.25) is 9.48 Å². The Kier molecular flexibility index (Phi) is 4.03. The molecule has 6 nitrogen and oxygen atoms in total. The van der Waals surface area contributed by atoms with Gasteiger partial charge in [0.05, 0.1) is 31.3 Å². The van der Waals surface area contributed by atoms with Crippen LogP contribution < -0.4 is 10.6 Å². The summed E-state index contributed by atoms with van der Waals surface area (Å²) >= 11 is 0. The summed E-state index contributed by atoms with van der Waals surface area (Å²) in [5, 5.41) is 19.8. The number of carbonyl (C=O) groups is 1. The standard InChI is InChI=1S/C14H22N4O2/c19-7-6-18-13-3-1-2-12(11(13)9-16-18)17-14(20)10-4-5-15-8-10/h9-10,12,15,19H,1-8H2,(H,17,20). The minimum atomic E-state index is 0.0827. The Balaban J connectivity index is 1.71. The highest BCUT2D eigenvalue weighted by molar-refractivity contribution is 5.79. The van der Waals surface area contributed by atoms with E-state index in [1.165, 1.54) is 5.69 Å². The van der Waals surface area contributed by atoms with Crippen LogP contribution in [0.4, 0.5) is 0 Å². The molecule has 0 saturated carbocycles. The number of aliphatic hydroxyl groups excluding tert-OH is 1. The average molecular weight is 278 g/mol. The fraction of sp³-hybridized carbons (Fsp3) is 0.714. The highest BCUT2D eigenvalue weighted by atomic mass is 16.3. The zero-order valence-corrected chi connectivity index (χ0v) is 11.6. The van der Waals surface area contributed by atoms with Crippen molar-refractivity contribution in [1.29, 1.82) is 0 Å². The molecule has 1 aliphatic carbocycles. The van der Waals surface area contributed by atoms with Gasteiger partial charge in [0.1, 0.15) is 0 Å². The van der Waals surface area contributed by atoms with Gasteiger partial charge < -0.3 is 15.7 Å². The van der Waals surface area contributed by atoms with Crippen LogP contribution in [0.25, 0.3) is 0 Å². The zero-order valence-electron chi connectivity index (χ0n) is 11.6. The van der Waals surface area contributed by atoms with E-state index in [1.807, 2.05) is 10.9 Å². The van der Waals surface area contributed by atoms with Gasteiger partial charge in [-0.25, -0.2) is 0 Å². The van der Waals surface area contributed by atoms with E-state index in [-0.39, 0.29) is 24.5 Å². The number of carbonyl (C=O) groups excluding carboxylic acids is 1. The van der Waals surface area contributed by atoms with Crippen LogP contribution in [0.5, 0.6) is 0 Å². The molecular formula is C14H22N4O2. The van der Waals surface area contributed by atoms with E-state index in [9.17, 15) is 4.79 Å². The maximum atomic E-state index is 12.2. The van der Waals surface area contributed by atoms with Crippen LogP contribution in [0.15, 0.2) is 6.20 Å². The maximum absolute atomic E-state index is 12.2. The predicted octanol–water partition coefficient (Wildman–Crippen LogP) is -0.0215. The fourth-order valence-corrected chi connectivity index (χ4v) is 3.22. The predicted molar refractivity (Wildman–Crippen MR) is 74.1 cm³/mol. The molecule has 3 rings (SSSR count). The summed E-state index contributed by atoms with van der Waals surface area (Å²) in [6.07, 6.45) is 5.78. The van der Waals surface area contributed by atoms with Crippen molar-refractivity contribution in [3.63, 3.8) is 0 Å². The molecule has 1 amide bonds. The number of aromatic nitrogens is 2. The first-order valence-electron chi connectivity index (χ1n) is 7.46. The molecule has 20 heavy (non-hydrogen) atoms. The van der Waals surface area contributed by atoms with Gasteiger partial charge >= 0.3 is 0 Å². The minimum Gasteiger partial charge on any atom is -0.394 e. The van der Waals surface area contributed by atoms with Crippen LogP contribution in [0.1, 0.15) is 36.6 Å². The molecule has 3 N–H and O–H groups in total. The van der Waals surface area contributed by atoms with Gasteiger partial charge in [0, 0.05) is 17.8 Å². The number of nitrogens with zero attached hydrogens (tertiary/aromatic N) is 2. The Labute approximate surface area is 118 Å². The lowest BCUT2D eigenvalue weighted by atomic mass is 9.92. The van der Waals surface area contributed by atoms with Crippen LogP contribution in [0.3, 0.4) is 0 Å². The second-order valence-corrected chi connectivity index (χ2v) is 5.64. The summed E-state index contributed by atoms with van der Waals surface area (Å²) in [5.74, 6) is 0.260. The smallest absolute Gasteiger partial charge is 0.224 e. The van der Waals surface area contributed by atoms with Gasteiger partial charge in [0.2, 0.25) is 5.91 Å². The fourth-order valence-electron chi connectivity index (χ4n) is 3.22. The molecule has 1 fully saturated rings. The van der Waals surface area contributed by atoms with Crippen molar-refractivity contribution in [2.24, 2.45) is 5.92 Å². The molecule has 1 aliphatic heterocycles. The van der Waals surface area contributed by atoms with E-state index in [2.05, 4.69) is 15.7 Å². The molecule has 0 radical (unpaired) electrons. The van der Waals surface area contributed by atoms with Crippen LogP contribution >= 0.6 is 0 Å². The van der Waals surface area contributed by atoms with E-state index < -0.39 is 0 Å². The Morgan fingerprint density at radius 3 is 3.20 bits per heavy atom. The molecule has 2 aliphatic rings. The molecule has 0 spiro atoms. The second kappa shape index (κ2) is 5.93. The number of amides is 1. The third-order valence-corrected chi connectivity index (χ3v) is 4.32. The highest BCUT2D eigenvalue weighted by Gasteiger charge is 2.29. The Morgan fingerprint density at radius 2 is 2.45 bits per heavy atom. The average Bonchev–Trinajstić information content (AvgIpc) is 3.09. The minimum absolute atomic E-state index is 0.0827. The SMILES string of the molecule is O=C(NC1CCCc2c1cnn2CCO)C1CCNC1. The molecule has 2 unspecified atom stereocenters. The van der Waals surface area contributed by atoms with Crippen LogP contribution in [0.2, 0.25) is 0 Å². The van der Waals surface area contributed by atoms with E-state index in [0.717, 1.165) is 44.3 Å². The number of hydrogen-bond acceptors (Lipinski definition) is 4. The maximum Gasteiger partial charge on any atom is 0.224 e. The molecule has 6 heteroatoms. The number of fused-ring (bicyclic) bond motifs is 1. The summed E-state index contributed by atoms with van der Waals surface area (Å²) in [6.45, 7) is 2.35. The van der Waals surface area contributed by atoms with Crippen molar-refractivity contribution in [3.8, 4) is 0 Å². The first kappa shape index (κ1) is 13.6. The molecule has 0 aromatic carbocycles. The topological polar surface area (TPSA) is 79.2 Å². The first-order valence-corrected chi connectivity index (χ1v) is 7.46. The Hall–Kier alpha value is -1.40. The van der Waals surface area contributed by atoms with Crippen molar-refractivity contribution in [2.45, 2.75) is 38.3 Å². The first-order chi connectivity index (χ1) is 9.79. The summed E-state index contributed by atoms with van der Waals surface area (Å²) < 4.78 is 1.87. The van der Waals surface area contributed by atoms with Gasteiger partial charge in [0.15, 0.2) is 0 Å². The van der Waals surface area contributed by atoms with E-state index in [1.54, 1.807) is 0 Å². The van der Waals surface area contributed by atoms with Crippen LogP contribution in [0, 0.1) is 5.92 Å². The molecule has 2 heterocycles. The van der Waals surface area contributed by atoms with E-state index in [4.69, 9.17) is 5.11 Å². The summed E-state index contributed by atoms with van der Waals surface area (Å²) in [7, 11) is 0. The van der Waals surface area contributed by atoms with Crippen molar-refractivity contribution in [3.05, 3.63) is 17.5 Å². The van der Waals surface area contributed by atoms with Crippen LogP contribution in [-0.4, -0.2) is 40.5 Å². The summed E-state index contributed by atoms with van der Waals surface area (Å²) in [4.78, 5) is 12.2. The molecule has 1 saturated heterocycles. The molecule has 1 aromatic rings. The third-order valence-electron chi connectivity index (χ3n) is 4.32. The van der Waals surface area contributed by atoms with E-state index in [0.29, 0.717) is 6.54 Å². The van der Waals surface area contributed by atoms with Crippen molar-refractivity contribution < 1.29 is 9.90 Å². The number of hydrogen-bond donors (Lipinski definition) is 3. The quantitative estimate of drug-likeness (QED) is 0.723. The Bertz CT molecular complexity index is 480. The lowest BCUT2D eigenvalue weighted by Crippen LogP contribution is -2.36. The zero-order chi connectivity index (χ0) is 13.9. The summed E-state index contributed by atoms with van der Waals surface area (Å²) in [6, 6.07) is 0.0827.